The van der Waals surface area contributed by atoms with Crippen molar-refractivity contribution in [2.75, 3.05) is 6.61 Å². The van der Waals surface area contributed by atoms with Crippen LogP contribution in [0.5, 0.6) is 0 Å². The summed E-state index contributed by atoms with van der Waals surface area (Å²) >= 11 is 0. The first-order valence-electron chi connectivity index (χ1n) is 5.74. The lowest BCUT2D eigenvalue weighted by molar-refractivity contribution is 0.0833. The van der Waals surface area contributed by atoms with E-state index in [2.05, 4.69) is 17.2 Å². The van der Waals surface area contributed by atoms with Crippen molar-refractivity contribution in [2.45, 2.75) is 26.0 Å². The predicted molar refractivity (Wildman–Crippen MR) is 68.6 cm³/mol. The van der Waals surface area contributed by atoms with Gasteiger partial charge >= 0.3 is 0 Å². The molecule has 1 aromatic heterocycles. The van der Waals surface area contributed by atoms with Crippen LogP contribution in [0.3, 0.4) is 0 Å². The highest BCUT2D eigenvalue weighted by molar-refractivity contribution is 5.81. The van der Waals surface area contributed by atoms with Gasteiger partial charge in [0, 0.05) is 18.0 Å². The summed E-state index contributed by atoms with van der Waals surface area (Å²) in [6, 6.07) is 8.14. The third-order valence-electron chi connectivity index (χ3n) is 2.55. The number of para-hydroxylation sites is 1. The standard InChI is InChI=1S/C13H19N3O/c1-13(2,14)9-17-8-11-10-6-4-5-7-12(10)16(3)15-11/h4-7H,8-9,14H2,1-3H3. The largest absolute Gasteiger partial charge is 0.373 e. The number of benzene rings is 1. The molecule has 0 amide bonds. The quantitative estimate of drug-likeness (QED) is 0.876. The molecular weight excluding hydrogens is 214 g/mol. The van der Waals surface area contributed by atoms with E-state index in [0.717, 1.165) is 16.6 Å². The van der Waals surface area contributed by atoms with Gasteiger partial charge in [0.25, 0.3) is 0 Å². The summed E-state index contributed by atoms with van der Waals surface area (Å²) in [7, 11) is 1.94. The molecule has 0 aliphatic heterocycles. The average Bonchev–Trinajstić information content (AvgIpc) is 2.55. The van der Waals surface area contributed by atoms with E-state index in [-0.39, 0.29) is 5.54 Å². The summed E-state index contributed by atoms with van der Waals surface area (Å²) in [6.45, 7) is 4.92. The lowest BCUT2D eigenvalue weighted by Crippen LogP contribution is -2.37. The third kappa shape index (κ3) is 2.84. The molecule has 0 fully saturated rings. The van der Waals surface area contributed by atoms with Crippen LogP contribution in [0, 0.1) is 0 Å². The van der Waals surface area contributed by atoms with Crippen molar-refractivity contribution >= 4 is 10.9 Å². The molecule has 2 N–H and O–H groups in total. The van der Waals surface area contributed by atoms with Crippen LogP contribution in [0.4, 0.5) is 0 Å². The molecule has 0 aliphatic rings. The van der Waals surface area contributed by atoms with E-state index in [4.69, 9.17) is 10.5 Å². The van der Waals surface area contributed by atoms with Gasteiger partial charge in [-0.15, -0.1) is 0 Å². The van der Waals surface area contributed by atoms with Gasteiger partial charge in [0.2, 0.25) is 0 Å². The number of fused-ring (bicyclic) bond motifs is 1. The molecule has 2 rings (SSSR count). The molecule has 0 aliphatic carbocycles. The van der Waals surface area contributed by atoms with Gasteiger partial charge in [-0.2, -0.15) is 5.10 Å². The first-order chi connectivity index (χ1) is 7.97. The SMILES string of the molecule is Cn1nc(COCC(C)(C)N)c2ccccc21. The highest BCUT2D eigenvalue weighted by Gasteiger charge is 2.12. The minimum absolute atomic E-state index is 0.301. The van der Waals surface area contributed by atoms with Gasteiger partial charge < -0.3 is 10.5 Å². The highest BCUT2D eigenvalue weighted by Crippen LogP contribution is 2.18. The second-order valence-corrected chi connectivity index (χ2v) is 5.07. The molecule has 0 atom stereocenters. The monoisotopic (exact) mass is 233 g/mol. The molecular formula is C13H19N3O. The number of nitrogens with two attached hydrogens (primary N) is 1. The van der Waals surface area contributed by atoms with Gasteiger partial charge in [-0.25, -0.2) is 0 Å². The Balaban J connectivity index is 2.14. The van der Waals surface area contributed by atoms with Crippen LogP contribution in [0.1, 0.15) is 19.5 Å². The van der Waals surface area contributed by atoms with E-state index in [0.29, 0.717) is 13.2 Å². The van der Waals surface area contributed by atoms with Crippen LogP contribution < -0.4 is 5.73 Å². The lowest BCUT2D eigenvalue weighted by Gasteiger charge is -2.17. The summed E-state index contributed by atoms with van der Waals surface area (Å²) in [6.07, 6.45) is 0. The summed E-state index contributed by atoms with van der Waals surface area (Å²) in [5.74, 6) is 0. The Morgan fingerprint density at radius 1 is 1.35 bits per heavy atom. The predicted octanol–water partition coefficient (Wildman–Crippen LogP) is 1.83. The molecule has 1 aromatic carbocycles. The van der Waals surface area contributed by atoms with Gasteiger partial charge in [0.15, 0.2) is 0 Å². The zero-order valence-corrected chi connectivity index (χ0v) is 10.6. The molecule has 2 aromatic rings. The van der Waals surface area contributed by atoms with Crippen LogP contribution in [-0.2, 0) is 18.4 Å². The van der Waals surface area contributed by atoms with Crippen LogP contribution in [-0.4, -0.2) is 21.9 Å². The number of ether oxygens (including phenoxy) is 1. The van der Waals surface area contributed by atoms with Crippen molar-refractivity contribution in [3.05, 3.63) is 30.0 Å². The Hall–Kier alpha value is -1.39. The fourth-order valence-electron chi connectivity index (χ4n) is 1.81. The first-order valence-corrected chi connectivity index (χ1v) is 5.74. The Kier molecular flexibility index (Phi) is 3.17. The summed E-state index contributed by atoms with van der Waals surface area (Å²) in [5.41, 5.74) is 7.65. The maximum absolute atomic E-state index is 5.87. The number of aryl methyl sites for hydroxylation is 1. The van der Waals surface area contributed by atoms with Crippen molar-refractivity contribution in [1.29, 1.82) is 0 Å². The number of aromatic nitrogens is 2. The van der Waals surface area contributed by atoms with Crippen LogP contribution >= 0.6 is 0 Å². The fourth-order valence-corrected chi connectivity index (χ4v) is 1.81. The first kappa shape index (κ1) is 12.1. The zero-order valence-electron chi connectivity index (χ0n) is 10.6. The number of nitrogens with zero attached hydrogens (tertiary/aromatic N) is 2. The maximum Gasteiger partial charge on any atom is 0.0960 e. The molecule has 0 unspecified atom stereocenters. The van der Waals surface area contributed by atoms with E-state index in [1.165, 1.54) is 0 Å². The summed E-state index contributed by atoms with van der Waals surface area (Å²) in [4.78, 5) is 0. The molecule has 0 saturated carbocycles. The minimum atomic E-state index is -0.301. The van der Waals surface area contributed by atoms with Crippen molar-refractivity contribution in [3.63, 3.8) is 0 Å². The number of rotatable bonds is 4. The number of hydrogen-bond donors (Lipinski definition) is 1. The van der Waals surface area contributed by atoms with Crippen molar-refractivity contribution in [3.8, 4) is 0 Å². The van der Waals surface area contributed by atoms with E-state index < -0.39 is 0 Å². The molecule has 4 heteroatoms. The molecule has 0 saturated heterocycles. The molecule has 4 nitrogen and oxygen atoms in total. The molecule has 0 radical (unpaired) electrons. The molecule has 0 bridgehead atoms. The normalized spacial score (nSPS) is 12.2. The molecule has 92 valence electrons. The van der Waals surface area contributed by atoms with Crippen molar-refractivity contribution < 1.29 is 4.74 Å². The van der Waals surface area contributed by atoms with Gasteiger partial charge in [-0.3, -0.25) is 4.68 Å². The zero-order chi connectivity index (χ0) is 12.5. The van der Waals surface area contributed by atoms with E-state index in [1.54, 1.807) is 0 Å². The minimum Gasteiger partial charge on any atom is -0.373 e. The molecule has 0 spiro atoms. The summed E-state index contributed by atoms with van der Waals surface area (Å²) < 4.78 is 7.48. The maximum atomic E-state index is 5.87. The van der Waals surface area contributed by atoms with E-state index >= 15 is 0 Å². The van der Waals surface area contributed by atoms with Crippen LogP contribution in [0.15, 0.2) is 24.3 Å². The summed E-state index contributed by atoms with van der Waals surface area (Å²) in [5, 5.41) is 5.60. The van der Waals surface area contributed by atoms with Gasteiger partial charge in [0.05, 0.1) is 24.4 Å². The van der Waals surface area contributed by atoms with Crippen LogP contribution in [0.2, 0.25) is 0 Å². The van der Waals surface area contributed by atoms with Gasteiger partial charge in [0.1, 0.15) is 0 Å². The van der Waals surface area contributed by atoms with Gasteiger partial charge in [-0.05, 0) is 19.9 Å². The third-order valence-corrected chi connectivity index (χ3v) is 2.55. The molecule has 1 heterocycles. The highest BCUT2D eigenvalue weighted by atomic mass is 16.5. The Morgan fingerprint density at radius 2 is 2.06 bits per heavy atom. The van der Waals surface area contributed by atoms with Crippen molar-refractivity contribution in [2.24, 2.45) is 12.8 Å². The van der Waals surface area contributed by atoms with Crippen LogP contribution in [0.25, 0.3) is 10.9 Å². The Labute approximate surface area is 101 Å². The fraction of sp³-hybridized carbons (Fsp3) is 0.462. The average molecular weight is 233 g/mol. The van der Waals surface area contributed by atoms with E-state index in [1.807, 2.05) is 37.7 Å². The van der Waals surface area contributed by atoms with E-state index in [9.17, 15) is 0 Å². The second kappa shape index (κ2) is 4.47. The van der Waals surface area contributed by atoms with Crippen molar-refractivity contribution in [1.82, 2.24) is 9.78 Å². The smallest absolute Gasteiger partial charge is 0.0960 e. The van der Waals surface area contributed by atoms with Gasteiger partial charge in [-0.1, -0.05) is 18.2 Å². The molecule has 17 heavy (non-hydrogen) atoms. The topological polar surface area (TPSA) is 53.1 Å². The Morgan fingerprint density at radius 3 is 2.76 bits per heavy atom. The Bertz CT molecular complexity index is 511. The number of hydrogen-bond acceptors (Lipinski definition) is 3. The lowest BCUT2D eigenvalue weighted by atomic mass is 10.1. The second-order valence-electron chi connectivity index (χ2n) is 5.07.